The molecule has 3 heteroatoms. The molecule has 0 aliphatic carbocycles. The number of hydrogen-bond donors (Lipinski definition) is 0. The fraction of sp³-hybridized carbons (Fsp3) is 0.600. The van der Waals surface area contributed by atoms with Gasteiger partial charge in [0.1, 0.15) is 0 Å². The number of ether oxygens (including phenoxy) is 3. The zero-order valence-electron chi connectivity index (χ0n) is 18.3. The standard InChI is InChI=1S/C25H40O3/c1-22(2)27-25(28-23(3)4)19-15-10-8-6-5-7-9-11-16-20-26-21-24-17-13-12-14-18-24/h5-6,10,12-15,17-18,22-23,25H,7-9,11,16,19-21H2,1-4H3/b6-5-,15-10-. The molecule has 0 radical (unpaired) electrons. The van der Waals surface area contributed by atoms with Gasteiger partial charge in [0.2, 0.25) is 0 Å². The van der Waals surface area contributed by atoms with E-state index in [9.17, 15) is 0 Å². The van der Waals surface area contributed by atoms with Gasteiger partial charge in [0.05, 0.1) is 18.8 Å². The highest BCUT2D eigenvalue weighted by atomic mass is 16.7. The topological polar surface area (TPSA) is 27.7 Å². The van der Waals surface area contributed by atoms with Gasteiger partial charge >= 0.3 is 0 Å². The second kappa shape index (κ2) is 16.5. The van der Waals surface area contributed by atoms with E-state index in [2.05, 4.69) is 48.6 Å². The Morgan fingerprint density at radius 3 is 2.14 bits per heavy atom. The van der Waals surface area contributed by atoms with Crippen molar-refractivity contribution < 1.29 is 14.2 Å². The molecular formula is C25H40O3. The summed E-state index contributed by atoms with van der Waals surface area (Å²) >= 11 is 0. The maximum absolute atomic E-state index is 5.78. The first kappa shape index (κ1) is 24.6. The van der Waals surface area contributed by atoms with E-state index in [4.69, 9.17) is 14.2 Å². The molecule has 0 amide bonds. The van der Waals surface area contributed by atoms with Crippen LogP contribution in [0.5, 0.6) is 0 Å². The first-order valence-electron chi connectivity index (χ1n) is 10.8. The van der Waals surface area contributed by atoms with Crippen molar-refractivity contribution in [3.63, 3.8) is 0 Å². The van der Waals surface area contributed by atoms with Crippen LogP contribution >= 0.6 is 0 Å². The molecule has 0 saturated heterocycles. The summed E-state index contributed by atoms with van der Waals surface area (Å²) in [5.41, 5.74) is 1.25. The molecule has 3 nitrogen and oxygen atoms in total. The predicted molar refractivity (Wildman–Crippen MR) is 118 cm³/mol. The predicted octanol–water partition coefficient (Wildman–Crippen LogP) is 6.83. The Morgan fingerprint density at radius 1 is 0.786 bits per heavy atom. The summed E-state index contributed by atoms with van der Waals surface area (Å²) in [5.74, 6) is 0. The molecule has 0 aliphatic rings. The van der Waals surface area contributed by atoms with E-state index in [0.29, 0.717) is 0 Å². The third-order valence-corrected chi connectivity index (χ3v) is 4.05. The number of hydrogen-bond acceptors (Lipinski definition) is 3. The van der Waals surface area contributed by atoms with Crippen LogP contribution in [-0.4, -0.2) is 25.1 Å². The molecule has 1 rings (SSSR count). The second-order valence-corrected chi connectivity index (χ2v) is 7.60. The van der Waals surface area contributed by atoms with Gasteiger partial charge in [-0.3, -0.25) is 0 Å². The summed E-state index contributed by atoms with van der Waals surface area (Å²) in [7, 11) is 0. The van der Waals surface area contributed by atoms with Crippen LogP contribution in [0, 0.1) is 0 Å². The number of rotatable bonds is 16. The number of unbranched alkanes of at least 4 members (excludes halogenated alkanes) is 3. The van der Waals surface area contributed by atoms with E-state index in [1.807, 2.05) is 33.8 Å². The van der Waals surface area contributed by atoms with Crippen molar-refractivity contribution in [2.75, 3.05) is 6.61 Å². The van der Waals surface area contributed by atoms with Crippen molar-refractivity contribution in [2.45, 2.75) is 91.3 Å². The Labute approximate surface area is 172 Å². The molecule has 0 fully saturated rings. The van der Waals surface area contributed by atoms with Gasteiger partial charge in [-0.05, 0) is 58.9 Å². The van der Waals surface area contributed by atoms with Crippen LogP contribution in [0.4, 0.5) is 0 Å². The lowest BCUT2D eigenvalue weighted by Gasteiger charge is -2.21. The van der Waals surface area contributed by atoms with E-state index >= 15 is 0 Å². The molecule has 0 heterocycles. The van der Waals surface area contributed by atoms with Gasteiger partial charge in [-0.2, -0.15) is 0 Å². The Balaban J connectivity index is 1.98. The molecular weight excluding hydrogens is 348 g/mol. The van der Waals surface area contributed by atoms with Gasteiger partial charge in [-0.1, -0.05) is 61.1 Å². The van der Waals surface area contributed by atoms with Gasteiger partial charge in [0.25, 0.3) is 0 Å². The average molecular weight is 389 g/mol. The number of allylic oxidation sites excluding steroid dienone is 3. The fourth-order valence-electron chi connectivity index (χ4n) is 2.75. The van der Waals surface area contributed by atoms with Crippen molar-refractivity contribution in [1.82, 2.24) is 0 Å². The Hall–Kier alpha value is -1.42. The Bertz CT molecular complexity index is 510. The van der Waals surface area contributed by atoms with Crippen LogP contribution in [0.3, 0.4) is 0 Å². The highest BCUT2D eigenvalue weighted by Crippen LogP contribution is 2.09. The van der Waals surface area contributed by atoms with E-state index in [0.717, 1.165) is 38.9 Å². The largest absolute Gasteiger partial charge is 0.377 e. The van der Waals surface area contributed by atoms with Gasteiger partial charge < -0.3 is 14.2 Å². The van der Waals surface area contributed by atoms with Crippen molar-refractivity contribution >= 4 is 0 Å². The molecule has 0 atom stereocenters. The molecule has 1 aromatic carbocycles. The first-order valence-corrected chi connectivity index (χ1v) is 10.8. The van der Waals surface area contributed by atoms with E-state index in [1.165, 1.54) is 18.4 Å². The maximum atomic E-state index is 5.78. The summed E-state index contributed by atoms with van der Waals surface area (Å²) in [5, 5.41) is 0. The molecule has 0 N–H and O–H groups in total. The van der Waals surface area contributed by atoms with Crippen LogP contribution in [0.25, 0.3) is 0 Å². The summed E-state index contributed by atoms with van der Waals surface area (Å²) < 4.78 is 17.3. The maximum Gasteiger partial charge on any atom is 0.161 e. The third kappa shape index (κ3) is 14.6. The summed E-state index contributed by atoms with van der Waals surface area (Å²) in [4.78, 5) is 0. The Kier molecular flexibility index (Phi) is 14.5. The molecule has 0 unspecified atom stereocenters. The molecule has 1 aromatic rings. The van der Waals surface area contributed by atoms with E-state index < -0.39 is 0 Å². The van der Waals surface area contributed by atoms with Crippen LogP contribution in [0.15, 0.2) is 54.6 Å². The minimum absolute atomic E-state index is 0.149. The quantitative estimate of drug-likeness (QED) is 0.176. The SMILES string of the molecule is CC(C)OC(C/C=C\C/C=C\CCCCCOCc1ccccc1)OC(C)C. The Morgan fingerprint density at radius 2 is 1.46 bits per heavy atom. The highest BCUT2D eigenvalue weighted by Gasteiger charge is 2.11. The van der Waals surface area contributed by atoms with Crippen LogP contribution < -0.4 is 0 Å². The van der Waals surface area contributed by atoms with Gasteiger partial charge in [-0.25, -0.2) is 0 Å². The lowest BCUT2D eigenvalue weighted by molar-refractivity contribution is -0.178. The van der Waals surface area contributed by atoms with Crippen molar-refractivity contribution in [2.24, 2.45) is 0 Å². The minimum atomic E-state index is -0.149. The molecule has 0 saturated carbocycles. The van der Waals surface area contributed by atoms with Crippen molar-refractivity contribution in [3.8, 4) is 0 Å². The normalized spacial score (nSPS) is 12.4. The molecule has 0 bridgehead atoms. The molecule has 0 spiro atoms. The second-order valence-electron chi connectivity index (χ2n) is 7.60. The van der Waals surface area contributed by atoms with Crippen molar-refractivity contribution in [1.29, 1.82) is 0 Å². The zero-order chi connectivity index (χ0) is 20.5. The molecule has 158 valence electrons. The first-order chi connectivity index (χ1) is 13.6. The monoisotopic (exact) mass is 388 g/mol. The smallest absolute Gasteiger partial charge is 0.161 e. The van der Waals surface area contributed by atoms with Gasteiger partial charge in [0.15, 0.2) is 6.29 Å². The van der Waals surface area contributed by atoms with E-state index in [1.54, 1.807) is 0 Å². The molecule has 0 aliphatic heterocycles. The molecule has 28 heavy (non-hydrogen) atoms. The van der Waals surface area contributed by atoms with Gasteiger partial charge in [-0.15, -0.1) is 0 Å². The lowest BCUT2D eigenvalue weighted by Crippen LogP contribution is -2.23. The van der Waals surface area contributed by atoms with E-state index in [-0.39, 0.29) is 18.5 Å². The van der Waals surface area contributed by atoms with Gasteiger partial charge in [0, 0.05) is 13.0 Å². The minimum Gasteiger partial charge on any atom is -0.377 e. The third-order valence-electron chi connectivity index (χ3n) is 4.05. The average Bonchev–Trinajstić information content (AvgIpc) is 2.65. The summed E-state index contributed by atoms with van der Waals surface area (Å²) in [6.07, 6.45) is 15.6. The van der Waals surface area contributed by atoms with Crippen LogP contribution in [0.1, 0.15) is 71.8 Å². The molecule has 0 aromatic heterocycles. The van der Waals surface area contributed by atoms with Crippen molar-refractivity contribution in [3.05, 3.63) is 60.2 Å². The van der Waals surface area contributed by atoms with Crippen LogP contribution in [0.2, 0.25) is 0 Å². The highest BCUT2D eigenvalue weighted by molar-refractivity contribution is 5.13. The summed E-state index contributed by atoms with van der Waals surface area (Å²) in [6, 6.07) is 10.4. The fourth-order valence-corrected chi connectivity index (χ4v) is 2.75. The number of benzene rings is 1. The lowest BCUT2D eigenvalue weighted by atomic mass is 10.2. The summed E-state index contributed by atoms with van der Waals surface area (Å²) in [6.45, 7) is 9.73. The van der Waals surface area contributed by atoms with Crippen LogP contribution in [-0.2, 0) is 20.8 Å². The zero-order valence-corrected chi connectivity index (χ0v) is 18.3.